The molecular weight excluding hydrogens is 484 g/mol. The van der Waals surface area contributed by atoms with Crippen LogP contribution in [-0.4, -0.2) is 71.3 Å². The molecule has 6 atom stereocenters. The molecule has 3 aliphatic rings. The van der Waals surface area contributed by atoms with Gasteiger partial charge in [-0.05, 0) is 56.2 Å². The molecule has 3 aliphatic heterocycles. The summed E-state index contributed by atoms with van der Waals surface area (Å²) in [4.78, 5) is 45.2. The molecule has 1 spiro atoms. The number of esters is 1. The number of aryl methyl sites for hydroxylation is 2. The van der Waals surface area contributed by atoms with Crippen molar-refractivity contribution in [1.82, 2.24) is 4.90 Å². The third-order valence-electron chi connectivity index (χ3n) is 8.17. The van der Waals surface area contributed by atoms with Crippen LogP contribution >= 0.6 is 0 Å². The molecule has 3 fully saturated rings. The Labute approximate surface area is 225 Å². The Balaban J connectivity index is 1.83. The standard InChI is InChI=1S/C30H40N2O6/c1-7-13-31(22-16-19(5)9-10-20(22)6)28(35)26-30-12-11-23(38-30)24(29(36)37-14-8-2)25(30)27(34)32(26)21(17-33)15-18(3)4/h7-10,16,18,21,23-26,33H,1-2,11-15,17H2,3-6H3/t21-,23+,24-,25+,26?,30?/m1/s1. The Hall–Kier alpha value is -2.97. The van der Waals surface area contributed by atoms with Crippen molar-refractivity contribution >= 4 is 23.5 Å². The summed E-state index contributed by atoms with van der Waals surface area (Å²) in [6.07, 6.45) is 4.18. The summed E-state index contributed by atoms with van der Waals surface area (Å²) in [5.74, 6) is -2.61. The highest BCUT2D eigenvalue weighted by Crippen LogP contribution is 2.59. The van der Waals surface area contributed by atoms with Crippen molar-refractivity contribution in [2.24, 2.45) is 17.8 Å². The minimum absolute atomic E-state index is 0.0361. The van der Waals surface area contributed by atoms with Gasteiger partial charge in [0, 0.05) is 12.2 Å². The normalized spacial score (nSPS) is 28.4. The van der Waals surface area contributed by atoms with Crippen molar-refractivity contribution in [2.45, 2.75) is 70.7 Å². The van der Waals surface area contributed by atoms with Crippen LogP contribution in [0.3, 0.4) is 0 Å². The number of amides is 2. The van der Waals surface area contributed by atoms with E-state index in [-0.39, 0.29) is 37.5 Å². The van der Waals surface area contributed by atoms with Crippen LogP contribution < -0.4 is 4.90 Å². The van der Waals surface area contributed by atoms with Crippen molar-refractivity contribution in [3.8, 4) is 0 Å². The van der Waals surface area contributed by atoms with Gasteiger partial charge >= 0.3 is 5.97 Å². The molecule has 2 amide bonds. The molecule has 3 saturated heterocycles. The van der Waals surface area contributed by atoms with Gasteiger partial charge in [-0.25, -0.2) is 0 Å². The molecule has 0 radical (unpaired) electrons. The third-order valence-corrected chi connectivity index (χ3v) is 8.17. The number of aliphatic hydroxyl groups excluding tert-OH is 1. The van der Waals surface area contributed by atoms with Gasteiger partial charge in [0.15, 0.2) is 0 Å². The first kappa shape index (κ1) is 28.0. The number of carbonyl (C=O) groups is 3. The minimum atomic E-state index is -1.17. The fourth-order valence-corrected chi connectivity index (χ4v) is 6.68. The van der Waals surface area contributed by atoms with Gasteiger partial charge in [0.05, 0.1) is 30.6 Å². The number of fused-ring (bicyclic) bond motifs is 1. The zero-order chi connectivity index (χ0) is 27.8. The fraction of sp³-hybridized carbons (Fsp3) is 0.567. The highest BCUT2D eigenvalue weighted by molar-refractivity contribution is 6.05. The quantitative estimate of drug-likeness (QED) is 0.352. The summed E-state index contributed by atoms with van der Waals surface area (Å²) in [5, 5.41) is 10.4. The van der Waals surface area contributed by atoms with E-state index in [2.05, 4.69) is 13.2 Å². The lowest BCUT2D eigenvalue weighted by molar-refractivity contribution is -0.155. The highest BCUT2D eigenvalue weighted by Gasteiger charge is 2.75. The maximum absolute atomic E-state index is 14.6. The average molecular weight is 525 g/mol. The second kappa shape index (κ2) is 11.0. The number of benzene rings is 1. The number of anilines is 1. The van der Waals surface area contributed by atoms with Crippen molar-refractivity contribution in [3.63, 3.8) is 0 Å². The van der Waals surface area contributed by atoms with E-state index >= 15 is 0 Å². The topological polar surface area (TPSA) is 96.4 Å². The molecule has 8 nitrogen and oxygen atoms in total. The Kier molecular flexibility index (Phi) is 8.14. The molecule has 1 aromatic rings. The minimum Gasteiger partial charge on any atom is -0.461 e. The van der Waals surface area contributed by atoms with Gasteiger partial charge in [-0.2, -0.15) is 0 Å². The molecule has 1 N–H and O–H groups in total. The van der Waals surface area contributed by atoms with Crippen LogP contribution in [0.5, 0.6) is 0 Å². The number of rotatable bonds is 11. The van der Waals surface area contributed by atoms with Crippen LogP contribution in [0.25, 0.3) is 0 Å². The monoisotopic (exact) mass is 524 g/mol. The number of carbonyl (C=O) groups excluding carboxylic acids is 3. The molecular formula is C30H40N2O6. The van der Waals surface area contributed by atoms with Gasteiger partial charge in [0.2, 0.25) is 5.91 Å². The van der Waals surface area contributed by atoms with E-state index in [1.807, 2.05) is 45.9 Å². The number of hydrogen-bond donors (Lipinski definition) is 1. The molecule has 2 unspecified atom stereocenters. The maximum atomic E-state index is 14.6. The Morgan fingerprint density at radius 3 is 2.66 bits per heavy atom. The second-order valence-corrected chi connectivity index (χ2v) is 11.2. The van der Waals surface area contributed by atoms with Gasteiger partial charge in [0.25, 0.3) is 5.91 Å². The Morgan fingerprint density at radius 2 is 2.03 bits per heavy atom. The van der Waals surface area contributed by atoms with Crippen molar-refractivity contribution in [3.05, 3.63) is 54.6 Å². The van der Waals surface area contributed by atoms with Gasteiger partial charge in [-0.1, -0.05) is 44.7 Å². The molecule has 2 bridgehead atoms. The Morgan fingerprint density at radius 1 is 1.29 bits per heavy atom. The summed E-state index contributed by atoms with van der Waals surface area (Å²) >= 11 is 0. The zero-order valence-corrected chi connectivity index (χ0v) is 22.9. The molecule has 1 aromatic carbocycles. The lowest BCUT2D eigenvalue weighted by Gasteiger charge is -2.40. The number of nitrogens with zero attached hydrogens (tertiary/aromatic N) is 2. The van der Waals surface area contributed by atoms with Crippen molar-refractivity contribution < 1.29 is 29.0 Å². The summed E-state index contributed by atoms with van der Waals surface area (Å²) < 4.78 is 11.9. The third kappa shape index (κ3) is 4.58. The highest BCUT2D eigenvalue weighted by atomic mass is 16.6. The van der Waals surface area contributed by atoms with E-state index in [0.29, 0.717) is 19.3 Å². The van der Waals surface area contributed by atoms with E-state index in [1.165, 1.54) is 11.0 Å². The summed E-state index contributed by atoms with van der Waals surface area (Å²) in [5.41, 5.74) is 1.48. The molecule has 4 rings (SSSR count). The fourth-order valence-electron chi connectivity index (χ4n) is 6.68. The van der Waals surface area contributed by atoms with E-state index in [0.717, 1.165) is 16.8 Å². The van der Waals surface area contributed by atoms with Crippen molar-refractivity contribution in [2.75, 3.05) is 24.7 Å². The predicted molar refractivity (Wildman–Crippen MR) is 144 cm³/mol. The van der Waals surface area contributed by atoms with Crippen LogP contribution in [-0.2, 0) is 23.9 Å². The van der Waals surface area contributed by atoms with E-state index in [9.17, 15) is 19.5 Å². The zero-order valence-electron chi connectivity index (χ0n) is 22.9. The molecule has 38 heavy (non-hydrogen) atoms. The first-order valence-electron chi connectivity index (χ1n) is 13.5. The number of hydrogen-bond acceptors (Lipinski definition) is 6. The van der Waals surface area contributed by atoms with Crippen LogP contribution in [0.2, 0.25) is 0 Å². The molecule has 8 heteroatoms. The molecule has 206 valence electrons. The first-order valence-corrected chi connectivity index (χ1v) is 13.5. The smallest absolute Gasteiger partial charge is 0.312 e. The molecule has 3 heterocycles. The van der Waals surface area contributed by atoms with E-state index < -0.39 is 41.6 Å². The number of ether oxygens (including phenoxy) is 2. The van der Waals surface area contributed by atoms with Gasteiger partial charge in [0.1, 0.15) is 18.2 Å². The van der Waals surface area contributed by atoms with Crippen LogP contribution in [0.4, 0.5) is 5.69 Å². The lowest BCUT2D eigenvalue weighted by Crippen LogP contribution is -2.59. The van der Waals surface area contributed by atoms with Crippen LogP contribution in [0, 0.1) is 31.6 Å². The predicted octanol–water partition coefficient (Wildman–Crippen LogP) is 3.33. The maximum Gasteiger partial charge on any atom is 0.312 e. The van der Waals surface area contributed by atoms with Crippen LogP contribution in [0.1, 0.15) is 44.2 Å². The molecule has 0 saturated carbocycles. The largest absolute Gasteiger partial charge is 0.461 e. The molecule has 0 aromatic heterocycles. The van der Waals surface area contributed by atoms with Gasteiger partial charge in [-0.3, -0.25) is 14.4 Å². The average Bonchev–Trinajstić information content (AvgIpc) is 3.53. The lowest BCUT2D eigenvalue weighted by atomic mass is 9.70. The Bertz CT molecular complexity index is 1120. The first-order chi connectivity index (χ1) is 18.1. The van der Waals surface area contributed by atoms with E-state index in [1.54, 1.807) is 11.0 Å². The molecule has 0 aliphatic carbocycles. The van der Waals surface area contributed by atoms with Gasteiger partial charge < -0.3 is 24.4 Å². The number of likely N-dealkylation sites (tertiary alicyclic amines) is 1. The van der Waals surface area contributed by atoms with E-state index in [4.69, 9.17) is 9.47 Å². The van der Waals surface area contributed by atoms with Crippen molar-refractivity contribution in [1.29, 1.82) is 0 Å². The number of aliphatic hydroxyl groups is 1. The summed E-state index contributed by atoms with van der Waals surface area (Å²) in [6.45, 7) is 15.4. The second-order valence-electron chi connectivity index (χ2n) is 11.2. The van der Waals surface area contributed by atoms with Gasteiger partial charge in [-0.15, -0.1) is 6.58 Å². The van der Waals surface area contributed by atoms with Crippen LogP contribution in [0.15, 0.2) is 43.5 Å². The summed E-state index contributed by atoms with van der Waals surface area (Å²) in [6, 6.07) is 4.32. The SMILES string of the molecule is C=CCOC(=O)[C@@H]1[C@@H]2CCC3(O2)C(C(=O)N(CC=C)c2cc(C)ccc2C)N([C@@H](CO)CC(C)C)C(=O)[C@H]13. The summed E-state index contributed by atoms with van der Waals surface area (Å²) in [7, 11) is 0.